The van der Waals surface area contributed by atoms with Gasteiger partial charge in [0.05, 0.1) is 0 Å². The number of carbonyl (C=O) groups is 2. The van der Waals surface area contributed by atoms with Gasteiger partial charge in [0.1, 0.15) is 9.57 Å². The highest BCUT2D eigenvalue weighted by molar-refractivity contribution is 8.23. The maximum Gasteiger partial charge on any atom is 0.321 e. The van der Waals surface area contributed by atoms with Gasteiger partial charge in [0.25, 0.3) is 0 Å². The first-order chi connectivity index (χ1) is 9.45. The summed E-state index contributed by atoms with van der Waals surface area (Å²) in [5, 5.41) is 4.07. The predicted octanol–water partition coefficient (Wildman–Crippen LogP) is 1.76. The Morgan fingerprint density at radius 1 is 1.25 bits per heavy atom. The van der Waals surface area contributed by atoms with Gasteiger partial charge in [-0.05, 0) is 5.56 Å². The summed E-state index contributed by atoms with van der Waals surface area (Å²) in [7, 11) is 5.08. The molecule has 0 aliphatic carbocycles. The first kappa shape index (κ1) is 16.5. The maximum atomic E-state index is 12.2. The van der Waals surface area contributed by atoms with Crippen molar-refractivity contribution >= 4 is 40.2 Å². The number of carbonyl (C=O) groups excluding carboxylic acids is 2. The van der Waals surface area contributed by atoms with E-state index in [4.69, 9.17) is 12.2 Å². The molecule has 1 rings (SSSR count). The summed E-state index contributed by atoms with van der Waals surface area (Å²) < 4.78 is 0.575. The van der Waals surface area contributed by atoms with E-state index in [1.807, 2.05) is 44.4 Å². The van der Waals surface area contributed by atoms with Crippen LogP contribution in [-0.2, 0) is 4.79 Å². The van der Waals surface area contributed by atoms with E-state index in [1.54, 1.807) is 4.90 Å². The second-order valence-corrected chi connectivity index (χ2v) is 5.88. The number of thioether (sulfide) groups is 1. The van der Waals surface area contributed by atoms with Gasteiger partial charge in [-0.3, -0.25) is 10.1 Å². The summed E-state index contributed by atoms with van der Waals surface area (Å²) in [5.41, 5.74) is 0.795. The molecule has 0 radical (unpaired) electrons. The Bertz CT molecular complexity index is 492. The second-order valence-electron chi connectivity index (χ2n) is 4.14. The quantitative estimate of drug-likeness (QED) is 0.833. The number of imide groups is 1. The van der Waals surface area contributed by atoms with E-state index in [2.05, 4.69) is 10.6 Å². The molecule has 0 spiro atoms. The van der Waals surface area contributed by atoms with Crippen LogP contribution in [0, 0.1) is 0 Å². The van der Waals surface area contributed by atoms with E-state index in [0.717, 1.165) is 5.56 Å². The van der Waals surface area contributed by atoms with E-state index in [0.29, 0.717) is 4.32 Å². The van der Waals surface area contributed by atoms with Crippen molar-refractivity contribution in [2.45, 2.75) is 5.25 Å². The van der Waals surface area contributed by atoms with E-state index in [-0.39, 0.29) is 0 Å². The Kier molecular flexibility index (Phi) is 6.47. The van der Waals surface area contributed by atoms with Crippen LogP contribution in [0.1, 0.15) is 10.8 Å². The lowest BCUT2D eigenvalue weighted by molar-refractivity contribution is -0.119. The third kappa shape index (κ3) is 4.82. The molecule has 5 nitrogen and oxygen atoms in total. The van der Waals surface area contributed by atoms with Gasteiger partial charge < -0.3 is 10.2 Å². The van der Waals surface area contributed by atoms with Crippen LogP contribution in [0.5, 0.6) is 0 Å². The average Bonchev–Trinajstić information content (AvgIpc) is 2.44. The summed E-state index contributed by atoms with van der Waals surface area (Å²) in [4.78, 5) is 25.2. The van der Waals surface area contributed by atoms with Gasteiger partial charge in [0.15, 0.2) is 0 Å². The van der Waals surface area contributed by atoms with Crippen molar-refractivity contribution in [1.82, 2.24) is 15.5 Å². The highest BCUT2D eigenvalue weighted by atomic mass is 32.2. The topological polar surface area (TPSA) is 61.4 Å². The second kappa shape index (κ2) is 7.86. The molecule has 1 atom stereocenters. The molecule has 1 aromatic carbocycles. The van der Waals surface area contributed by atoms with E-state index < -0.39 is 17.2 Å². The lowest BCUT2D eigenvalue weighted by Gasteiger charge is -2.20. The molecular weight excluding hydrogens is 294 g/mol. The van der Waals surface area contributed by atoms with Crippen molar-refractivity contribution in [1.29, 1.82) is 0 Å². The Balaban J connectivity index is 2.93. The van der Waals surface area contributed by atoms with Gasteiger partial charge in [-0.2, -0.15) is 0 Å². The van der Waals surface area contributed by atoms with Crippen molar-refractivity contribution in [3.8, 4) is 0 Å². The van der Waals surface area contributed by atoms with Crippen molar-refractivity contribution in [2.75, 3.05) is 21.1 Å². The van der Waals surface area contributed by atoms with Crippen molar-refractivity contribution < 1.29 is 9.59 Å². The fraction of sp³-hybridized carbons (Fsp3) is 0.308. The van der Waals surface area contributed by atoms with Crippen molar-refractivity contribution in [3.63, 3.8) is 0 Å². The molecule has 0 saturated heterocycles. The molecule has 0 unspecified atom stereocenters. The third-order valence-corrected chi connectivity index (χ3v) is 4.33. The van der Waals surface area contributed by atoms with Crippen LogP contribution in [0.2, 0.25) is 0 Å². The molecule has 0 heterocycles. The molecule has 2 N–H and O–H groups in total. The van der Waals surface area contributed by atoms with Crippen LogP contribution in [0.25, 0.3) is 0 Å². The summed E-state index contributed by atoms with van der Waals surface area (Å²) in [6, 6.07) is 8.68. The zero-order valence-corrected chi connectivity index (χ0v) is 13.2. The Hall–Kier alpha value is -1.60. The maximum absolute atomic E-state index is 12.2. The normalized spacial score (nSPS) is 11.3. The van der Waals surface area contributed by atoms with Crippen LogP contribution in [0.4, 0.5) is 4.79 Å². The molecular formula is C13H17N3O2S2. The van der Waals surface area contributed by atoms with Crippen molar-refractivity contribution in [3.05, 3.63) is 35.9 Å². The molecule has 3 amide bonds. The minimum Gasteiger partial charge on any atom is -0.364 e. The van der Waals surface area contributed by atoms with E-state index in [1.165, 1.54) is 18.8 Å². The number of nitrogens with zero attached hydrogens (tertiary/aromatic N) is 1. The highest BCUT2D eigenvalue weighted by Crippen LogP contribution is 2.30. The zero-order chi connectivity index (χ0) is 15.1. The minimum atomic E-state index is -0.566. The van der Waals surface area contributed by atoms with Gasteiger partial charge in [0, 0.05) is 21.1 Å². The number of amides is 3. The number of urea groups is 1. The SMILES string of the molecule is CNC(=O)NC(=O)[C@H](SC(=S)N(C)C)c1ccccc1. The molecule has 108 valence electrons. The van der Waals surface area contributed by atoms with Crippen LogP contribution in [-0.4, -0.2) is 42.3 Å². The van der Waals surface area contributed by atoms with E-state index in [9.17, 15) is 9.59 Å². The van der Waals surface area contributed by atoms with Gasteiger partial charge in [0.2, 0.25) is 5.91 Å². The standard InChI is InChI=1S/C13H17N3O2S2/c1-14-12(18)15-11(17)10(20-13(19)16(2)3)9-7-5-4-6-8-9/h4-8,10H,1-3H3,(H2,14,15,17,18)/t10-/m1/s1. The third-order valence-electron chi connectivity index (χ3n) is 2.39. The molecule has 7 heteroatoms. The Morgan fingerprint density at radius 2 is 1.85 bits per heavy atom. The molecule has 0 aromatic heterocycles. The van der Waals surface area contributed by atoms with Gasteiger partial charge in [-0.15, -0.1) is 0 Å². The first-order valence-electron chi connectivity index (χ1n) is 5.91. The molecule has 0 bridgehead atoms. The highest BCUT2D eigenvalue weighted by Gasteiger charge is 2.24. The Labute approximate surface area is 128 Å². The fourth-order valence-corrected chi connectivity index (χ4v) is 2.51. The molecule has 0 aliphatic heterocycles. The van der Waals surface area contributed by atoms with E-state index >= 15 is 0 Å². The summed E-state index contributed by atoms with van der Waals surface area (Å²) in [6.07, 6.45) is 0. The lowest BCUT2D eigenvalue weighted by atomic mass is 10.1. The largest absolute Gasteiger partial charge is 0.364 e. The number of benzene rings is 1. The van der Waals surface area contributed by atoms with Gasteiger partial charge >= 0.3 is 6.03 Å². The van der Waals surface area contributed by atoms with Crippen molar-refractivity contribution in [2.24, 2.45) is 0 Å². The molecule has 0 fully saturated rings. The zero-order valence-electron chi connectivity index (χ0n) is 11.5. The molecule has 20 heavy (non-hydrogen) atoms. The smallest absolute Gasteiger partial charge is 0.321 e. The molecule has 0 saturated carbocycles. The minimum absolute atomic E-state index is 0.398. The van der Waals surface area contributed by atoms with Crippen LogP contribution in [0.15, 0.2) is 30.3 Å². The van der Waals surface area contributed by atoms with Crippen LogP contribution in [0.3, 0.4) is 0 Å². The van der Waals surface area contributed by atoms with Crippen LogP contribution >= 0.6 is 24.0 Å². The lowest BCUT2D eigenvalue weighted by Crippen LogP contribution is -2.40. The molecule has 1 aromatic rings. The first-order valence-corrected chi connectivity index (χ1v) is 7.20. The molecule has 0 aliphatic rings. The summed E-state index contributed by atoms with van der Waals surface area (Å²) in [5.74, 6) is -0.398. The number of thiocarbonyl (C=S) groups is 1. The summed E-state index contributed by atoms with van der Waals surface area (Å²) in [6.45, 7) is 0. The summed E-state index contributed by atoms with van der Waals surface area (Å²) >= 11 is 6.46. The monoisotopic (exact) mass is 311 g/mol. The number of rotatable bonds is 3. The van der Waals surface area contributed by atoms with Gasteiger partial charge in [-0.25, -0.2) is 4.79 Å². The average molecular weight is 311 g/mol. The number of nitrogens with one attached hydrogen (secondary N) is 2. The number of hydrogen-bond donors (Lipinski definition) is 2. The van der Waals surface area contributed by atoms with Gasteiger partial charge in [-0.1, -0.05) is 54.3 Å². The number of hydrogen-bond acceptors (Lipinski definition) is 4. The fourth-order valence-electron chi connectivity index (χ4n) is 1.35. The Morgan fingerprint density at radius 3 is 2.35 bits per heavy atom. The predicted molar refractivity (Wildman–Crippen MR) is 85.7 cm³/mol. The van der Waals surface area contributed by atoms with Crippen LogP contribution < -0.4 is 10.6 Å².